The Morgan fingerprint density at radius 3 is 2.57 bits per heavy atom. The first-order chi connectivity index (χ1) is 9.95. The molecule has 1 aliphatic heterocycles. The zero-order valence-corrected chi connectivity index (χ0v) is 13.1. The van der Waals surface area contributed by atoms with Crippen molar-refractivity contribution < 1.29 is 22.7 Å². The van der Waals surface area contributed by atoms with Crippen molar-refractivity contribution in [3.8, 4) is 5.75 Å². The van der Waals surface area contributed by atoms with E-state index in [1.165, 1.54) is 29.6 Å². The number of hydrogen-bond acceptors (Lipinski definition) is 5. The molecule has 0 atom stereocenters. The Hall–Kier alpha value is -1.31. The van der Waals surface area contributed by atoms with Crippen molar-refractivity contribution in [2.24, 2.45) is 0 Å². The number of benzene rings is 1. The number of esters is 1. The normalized spacial score (nSPS) is 15.9. The van der Waals surface area contributed by atoms with Gasteiger partial charge < -0.3 is 9.47 Å². The molecule has 0 N–H and O–H groups in total. The second-order valence-electron chi connectivity index (χ2n) is 4.57. The molecule has 1 fully saturated rings. The topological polar surface area (TPSA) is 72.9 Å². The molecule has 21 heavy (non-hydrogen) atoms. The smallest absolute Gasteiger partial charge is 0.343 e. The standard InChI is InChI=1S/C13H16ClNO5S/c1-19-13(16)9-20-12-5-4-10(8-11(12)14)21(17,18)15-6-2-3-7-15/h4-5,8H,2-3,6-7,9H2,1H3. The van der Waals surface area contributed by atoms with Crippen molar-refractivity contribution in [1.82, 2.24) is 4.31 Å². The Balaban J connectivity index is 2.16. The summed E-state index contributed by atoms with van der Waals surface area (Å²) in [6, 6.07) is 4.20. The highest BCUT2D eigenvalue weighted by Gasteiger charge is 2.27. The summed E-state index contributed by atoms with van der Waals surface area (Å²) in [6.45, 7) is 0.773. The van der Waals surface area contributed by atoms with Crippen molar-refractivity contribution in [2.75, 3.05) is 26.8 Å². The van der Waals surface area contributed by atoms with Crippen LogP contribution in [0.15, 0.2) is 23.1 Å². The molecule has 0 aliphatic carbocycles. The number of carbonyl (C=O) groups is 1. The SMILES string of the molecule is COC(=O)COc1ccc(S(=O)(=O)N2CCCC2)cc1Cl. The second-order valence-corrected chi connectivity index (χ2v) is 6.91. The maximum atomic E-state index is 12.4. The van der Waals surface area contributed by atoms with Gasteiger partial charge in [0.2, 0.25) is 10.0 Å². The third-order valence-corrected chi connectivity index (χ3v) is 5.37. The highest BCUT2D eigenvalue weighted by molar-refractivity contribution is 7.89. The zero-order valence-electron chi connectivity index (χ0n) is 11.5. The number of nitrogens with zero attached hydrogens (tertiary/aromatic N) is 1. The van der Waals surface area contributed by atoms with Crippen molar-refractivity contribution in [2.45, 2.75) is 17.7 Å². The average Bonchev–Trinajstić information content (AvgIpc) is 3.00. The summed E-state index contributed by atoms with van der Waals surface area (Å²) in [5, 5.41) is 0.138. The molecule has 0 aromatic heterocycles. The summed E-state index contributed by atoms with van der Waals surface area (Å²) in [7, 11) is -2.26. The van der Waals surface area contributed by atoms with Crippen molar-refractivity contribution in [3.63, 3.8) is 0 Å². The van der Waals surface area contributed by atoms with Crippen LogP contribution in [0.4, 0.5) is 0 Å². The van der Waals surface area contributed by atoms with Crippen molar-refractivity contribution >= 4 is 27.6 Å². The minimum absolute atomic E-state index is 0.125. The molecule has 0 bridgehead atoms. The number of hydrogen-bond donors (Lipinski definition) is 0. The maximum Gasteiger partial charge on any atom is 0.343 e. The molecular weight excluding hydrogens is 318 g/mol. The summed E-state index contributed by atoms with van der Waals surface area (Å²) >= 11 is 6.01. The summed E-state index contributed by atoms with van der Waals surface area (Å²) in [6.07, 6.45) is 1.74. The first-order valence-corrected chi connectivity index (χ1v) is 8.26. The van der Waals surface area contributed by atoms with Crippen molar-refractivity contribution in [1.29, 1.82) is 0 Å². The molecule has 1 aliphatic rings. The number of rotatable bonds is 5. The van der Waals surface area contributed by atoms with E-state index in [-0.39, 0.29) is 22.3 Å². The van der Waals surface area contributed by atoms with Gasteiger partial charge in [-0.3, -0.25) is 0 Å². The lowest BCUT2D eigenvalue weighted by Crippen LogP contribution is -2.27. The van der Waals surface area contributed by atoms with Crippen LogP contribution in [0.25, 0.3) is 0 Å². The van der Waals surface area contributed by atoms with E-state index in [2.05, 4.69) is 4.74 Å². The summed E-state index contributed by atoms with van der Waals surface area (Å²) < 4.78 is 35.8. The zero-order chi connectivity index (χ0) is 15.5. The monoisotopic (exact) mass is 333 g/mol. The predicted octanol–water partition coefficient (Wildman–Crippen LogP) is 1.68. The second kappa shape index (κ2) is 6.64. The van der Waals surface area contributed by atoms with Gasteiger partial charge in [0.1, 0.15) is 5.75 Å². The minimum atomic E-state index is -3.51. The molecule has 1 aromatic rings. The lowest BCUT2D eigenvalue weighted by Gasteiger charge is -2.16. The number of carbonyl (C=O) groups excluding carboxylic acids is 1. The van der Waals surface area contributed by atoms with E-state index in [1.54, 1.807) is 0 Å². The molecular formula is C13H16ClNO5S. The van der Waals surface area contributed by atoms with Gasteiger partial charge in [-0.2, -0.15) is 4.31 Å². The van der Waals surface area contributed by atoms with Gasteiger partial charge in [-0.05, 0) is 31.0 Å². The molecule has 0 radical (unpaired) electrons. The number of ether oxygens (including phenoxy) is 2. The van der Waals surface area contributed by atoms with Gasteiger partial charge in [0.05, 0.1) is 17.0 Å². The Bertz CT molecular complexity index is 625. The summed E-state index contributed by atoms with van der Waals surface area (Å²) in [5.74, 6) is -0.303. The highest BCUT2D eigenvalue weighted by atomic mass is 35.5. The molecule has 116 valence electrons. The van der Waals surface area contributed by atoms with Crippen LogP contribution >= 0.6 is 11.6 Å². The van der Waals surface area contributed by atoms with E-state index in [1.807, 2.05) is 0 Å². The van der Waals surface area contributed by atoms with E-state index in [9.17, 15) is 13.2 Å². The highest BCUT2D eigenvalue weighted by Crippen LogP contribution is 2.29. The van der Waals surface area contributed by atoms with Crippen LogP contribution in [-0.4, -0.2) is 45.5 Å². The average molecular weight is 334 g/mol. The number of methoxy groups -OCH3 is 1. The summed E-state index contributed by atoms with van der Waals surface area (Å²) in [4.78, 5) is 11.1. The van der Waals surface area contributed by atoms with Crippen LogP contribution in [0, 0.1) is 0 Å². The first kappa shape index (κ1) is 16.1. The van der Waals surface area contributed by atoms with Crippen LogP contribution in [0.1, 0.15) is 12.8 Å². The minimum Gasteiger partial charge on any atom is -0.480 e. The Morgan fingerprint density at radius 2 is 2.00 bits per heavy atom. The third kappa shape index (κ3) is 3.66. The van der Waals surface area contributed by atoms with Crippen LogP contribution in [0.5, 0.6) is 5.75 Å². The Labute approximate surface area is 128 Å². The van der Waals surface area contributed by atoms with Crippen LogP contribution < -0.4 is 4.74 Å². The number of sulfonamides is 1. The molecule has 0 unspecified atom stereocenters. The molecule has 1 aromatic carbocycles. The predicted molar refractivity (Wildman–Crippen MR) is 77.0 cm³/mol. The van der Waals surface area contributed by atoms with Crippen LogP contribution in [-0.2, 0) is 19.6 Å². The van der Waals surface area contributed by atoms with Gasteiger partial charge >= 0.3 is 5.97 Å². The first-order valence-electron chi connectivity index (χ1n) is 6.44. The van der Waals surface area contributed by atoms with Crippen LogP contribution in [0.2, 0.25) is 5.02 Å². The van der Waals surface area contributed by atoms with E-state index < -0.39 is 16.0 Å². The quantitative estimate of drug-likeness (QED) is 0.766. The molecule has 1 heterocycles. The van der Waals surface area contributed by atoms with E-state index >= 15 is 0 Å². The molecule has 1 saturated heterocycles. The van der Waals surface area contributed by atoms with Gasteiger partial charge in [-0.15, -0.1) is 0 Å². The molecule has 6 nitrogen and oxygen atoms in total. The Kier molecular flexibility index (Phi) is 5.08. The fourth-order valence-corrected chi connectivity index (χ4v) is 3.88. The largest absolute Gasteiger partial charge is 0.480 e. The molecule has 0 amide bonds. The van der Waals surface area contributed by atoms with Gasteiger partial charge in [0.15, 0.2) is 6.61 Å². The van der Waals surface area contributed by atoms with Gasteiger partial charge in [-0.25, -0.2) is 13.2 Å². The molecule has 2 rings (SSSR count). The molecule has 0 spiro atoms. The Morgan fingerprint density at radius 1 is 1.33 bits per heavy atom. The number of halogens is 1. The lowest BCUT2D eigenvalue weighted by molar-refractivity contribution is -0.142. The fourth-order valence-electron chi connectivity index (χ4n) is 2.03. The van der Waals surface area contributed by atoms with Crippen LogP contribution in [0.3, 0.4) is 0 Å². The fraction of sp³-hybridized carbons (Fsp3) is 0.462. The van der Waals surface area contributed by atoms with Gasteiger partial charge in [-0.1, -0.05) is 11.6 Å². The van der Waals surface area contributed by atoms with E-state index in [0.717, 1.165) is 12.8 Å². The third-order valence-electron chi connectivity index (χ3n) is 3.18. The van der Waals surface area contributed by atoms with E-state index in [4.69, 9.17) is 16.3 Å². The van der Waals surface area contributed by atoms with Gasteiger partial charge in [0.25, 0.3) is 0 Å². The maximum absolute atomic E-state index is 12.4. The molecule has 8 heteroatoms. The van der Waals surface area contributed by atoms with E-state index in [0.29, 0.717) is 13.1 Å². The summed E-state index contributed by atoms with van der Waals surface area (Å²) in [5.41, 5.74) is 0. The van der Waals surface area contributed by atoms with Crippen molar-refractivity contribution in [3.05, 3.63) is 23.2 Å². The molecule has 0 saturated carbocycles. The lowest BCUT2D eigenvalue weighted by atomic mass is 10.3. The van der Waals surface area contributed by atoms with Gasteiger partial charge in [0, 0.05) is 13.1 Å².